The summed E-state index contributed by atoms with van der Waals surface area (Å²) in [6.07, 6.45) is 17.3. The molecule has 294 valence electrons. The Hall–Kier alpha value is -3.49. The summed E-state index contributed by atoms with van der Waals surface area (Å²) in [6.45, 7) is 7.50. The third-order valence-corrected chi connectivity index (χ3v) is 12.2. The molecule has 1 aromatic heterocycles. The van der Waals surface area contributed by atoms with Crippen LogP contribution in [0, 0.1) is 17.8 Å². The smallest absolute Gasteiger partial charge is 0.412 e. The fourth-order valence-corrected chi connectivity index (χ4v) is 9.89. The zero-order valence-corrected chi connectivity index (χ0v) is 32.2. The van der Waals surface area contributed by atoms with Gasteiger partial charge in [0, 0.05) is 69.1 Å². The number of aliphatic hydroxyl groups excluding tert-OH is 2. The summed E-state index contributed by atoms with van der Waals surface area (Å²) in [5, 5.41) is 27.1. The van der Waals surface area contributed by atoms with Gasteiger partial charge in [-0.25, -0.2) is 4.79 Å². The van der Waals surface area contributed by atoms with Crippen molar-refractivity contribution in [2.24, 2.45) is 22.9 Å². The van der Waals surface area contributed by atoms with Crippen molar-refractivity contribution in [3.63, 3.8) is 0 Å². The van der Waals surface area contributed by atoms with Crippen LogP contribution in [0.2, 0.25) is 0 Å². The van der Waals surface area contributed by atoms with Gasteiger partial charge in [0.1, 0.15) is 11.5 Å². The predicted octanol–water partition coefficient (Wildman–Crippen LogP) is 6.72. The summed E-state index contributed by atoms with van der Waals surface area (Å²) in [5.74, 6) is 0.630. The summed E-state index contributed by atoms with van der Waals surface area (Å²) < 4.78 is 25.9. The van der Waals surface area contributed by atoms with Gasteiger partial charge in [-0.3, -0.25) is 9.97 Å². The van der Waals surface area contributed by atoms with Gasteiger partial charge in [-0.15, -0.1) is 6.58 Å². The Morgan fingerprint density at radius 1 is 1.17 bits per heavy atom. The van der Waals surface area contributed by atoms with Crippen LogP contribution in [0.25, 0.3) is 0 Å². The molecule has 3 N–H and O–H groups in total. The second-order valence-corrected chi connectivity index (χ2v) is 15.7. The van der Waals surface area contributed by atoms with Crippen LogP contribution in [0.4, 0.5) is 4.79 Å². The summed E-state index contributed by atoms with van der Waals surface area (Å²) in [5.41, 5.74) is 3.76. The van der Waals surface area contributed by atoms with Crippen LogP contribution >= 0.6 is 11.8 Å². The largest absolute Gasteiger partial charge is 0.460 e. The van der Waals surface area contributed by atoms with Crippen molar-refractivity contribution in [1.82, 2.24) is 15.3 Å². The van der Waals surface area contributed by atoms with Gasteiger partial charge in [0.25, 0.3) is 0 Å². The minimum Gasteiger partial charge on any atom is -0.460 e. The highest BCUT2D eigenvalue weighted by Gasteiger charge is 2.64. The quantitative estimate of drug-likeness (QED) is 0.0794. The minimum absolute atomic E-state index is 0.117. The number of aliphatic hydroxyl groups is 2. The third kappa shape index (κ3) is 9.47. The van der Waals surface area contributed by atoms with Crippen molar-refractivity contribution in [2.75, 3.05) is 38.7 Å². The molecule has 2 aliphatic heterocycles. The molecule has 12 nitrogen and oxygen atoms in total. The van der Waals surface area contributed by atoms with E-state index in [1.807, 2.05) is 19.1 Å². The number of hydrogen-bond donors (Lipinski definition) is 3. The average Bonchev–Trinajstić information content (AvgIpc) is 3.19. The van der Waals surface area contributed by atoms with Gasteiger partial charge < -0.3 is 39.3 Å². The van der Waals surface area contributed by atoms with Crippen LogP contribution in [0.1, 0.15) is 88.3 Å². The van der Waals surface area contributed by atoms with E-state index in [9.17, 15) is 15.0 Å². The Labute approximate surface area is 323 Å². The zero-order valence-electron chi connectivity index (χ0n) is 31.4. The van der Waals surface area contributed by atoms with E-state index < -0.39 is 18.2 Å². The lowest BCUT2D eigenvalue weighted by Gasteiger charge is -2.58. The highest BCUT2D eigenvalue weighted by molar-refractivity contribution is 8.00. The molecule has 0 radical (unpaired) electrons. The maximum atomic E-state index is 12.6. The number of ether oxygens (including phenoxy) is 4. The monoisotopic (exact) mass is 764 g/mol. The average molecular weight is 765 g/mol. The van der Waals surface area contributed by atoms with Gasteiger partial charge in [0.15, 0.2) is 0 Å². The van der Waals surface area contributed by atoms with E-state index in [2.05, 4.69) is 27.9 Å². The number of carbonyl (C=O) groups is 1. The normalized spacial score (nSPS) is 27.9. The number of thioether (sulfide) groups is 1. The summed E-state index contributed by atoms with van der Waals surface area (Å²) in [6, 6.07) is 5.63. The lowest BCUT2D eigenvalue weighted by atomic mass is 9.56. The molecule has 0 bridgehead atoms. The van der Waals surface area contributed by atoms with Crippen molar-refractivity contribution in [2.45, 2.75) is 101 Å². The molecular weight excluding hydrogens is 709 g/mol. The Bertz CT molecular complexity index is 1590. The molecule has 7 atom stereocenters. The van der Waals surface area contributed by atoms with Crippen molar-refractivity contribution in [1.29, 1.82) is 0 Å². The van der Waals surface area contributed by atoms with E-state index in [1.165, 1.54) is 0 Å². The Balaban J connectivity index is 1.49. The number of fused-ring (bicyclic) bond motifs is 2. The van der Waals surface area contributed by atoms with E-state index in [0.717, 1.165) is 79.7 Å². The molecule has 6 rings (SSSR count). The Morgan fingerprint density at radius 3 is 2.76 bits per heavy atom. The molecule has 1 amide bonds. The van der Waals surface area contributed by atoms with Crippen LogP contribution in [-0.4, -0.2) is 88.0 Å². The van der Waals surface area contributed by atoms with Gasteiger partial charge in [-0.2, -0.15) is 11.8 Å². The molecular formula is C41H56N4O8S. The van der Waals surface area contributed by atoms with Crippen LogP contribution in [0.5, 0.6) is 11.5 Å². The number of nitrogens with zero attached hydrogens (tertiary/aromatic N) is 3. The molecule has 7 unspecified atom stereocenters. The number of allylic oxidation sites excluding steroid dienone is 1. The number of unbranched alkanes of at least 4 members (excludes halogenated alkanes) is 2. The van der Waals surface area contributed by atoms with Crippen molar-refractivity contribution >= 4 is 23.6 Å². The number of amides is 1. The number of carbonyl (C=O) groups excluding carboxylic acids is 1. The first-order valence-electron chi connectivity index (χ1n) is 19.7. The lowest BCUT2D eigenvalue weighted by molar-refractivity contribution is -0.223. The molecule has 1 aromatic carbocycles. The third-order valence-electron chi connectivity index (χ3n) is 10.9. The Kier molecular flexibility index (Phi) is 14.8. The predicted molar refractivity (Wildman–Crippen MR) is 208 cm³/mol. The van der Waals surface area contributed by atoms with Gasteiger partial charge in [0.2, 0.25) is 12.1 Å². The fraction of sp³-hybridized carbons (Fsp3) is 0.610. The number of oxime groups is 1. The maximum absolute atomic E-state index is 12.6. The van der Waals surface area contributed by atoms with Crippen molar-refractivity contribution in [3.05, 3.63) is 72.4 Å². The zero-order chi connectivity index (χ0) is 37.8. The molecule has 1 saturated carbocycles. The van der Waals surface area contributed by atoms with E-state index in [1.54, 1.807) is 42.5 Å². The summed E-state index contributed by atoms with van der Waals surface area (Å²) in [4.78, 5) is 27.6. The number of benzene rings is 1. The SMILES string of the molecule is C=CCOC12Oc3ccc(OC(=O)NCC)cc3C3C(CCCCO)C(CCCCO)C=C(C(=NOC4CCCCO4)CC1SCCc1cnccn1)C32. The molecule has 13 heteroatoms. The number of aromatic nitrogens is 2. The van der Waals surface area contributed by atoms with E-state index >= 15 is 0 Å². The summed E-state index contributed by atoms with van der Waals surface area (Å²) in [7, 11) is 0. The van der Waals surface area contributed by atoms with E-state index in [0.29, 0.717) is 43.9 Å². The second-order valence-electron chi connectivity index (χ2n) is 14.4. The fourth-order valence-electron chi connectivity index (χ4n) is 8.51. The standard InChI is InChI=1S/C41H56N4O8S/c1-3-21-50-41-36(54-23-16-29-27-42-17-18-44-29)26-34(45-53-37-13-7-10-22-49-37)32-24-28(11-5-8-19-46)31(12-6-9-20-47)38(39(32)41)33-25-30(14-15-35(33)52-41)51-40(48)43-4-2/h3,14-15,17-18,24-25,27-28,31,36-39,46-47H,1,4-13,16,19-23,26H2,2H3,(H,43,48). The number of rotatable bonds is 19. The van der Waals surface area contributed by atoms with Crippen molar-refractivity contribution < 1.29 is 38.8 Å². The minimum atomic E-state index is -1.10. The van der Waals surface area contributed by atoms with Crippen LogP contribution in [0.3, 0.4) is 0 Å². The van der Waals surface area contributed by atoms with Crippen LogP contribution in [-0.2, 0) is 20.7 Å². The first kappa shape index (κ1) is 40.2. The number of hydrogen-bond acceptors (Lipinski definition) is 12. The molecule has 0 spiro atoms. The van der Waals surface area contributed by atoms with E-state index in [-0.39, 0.29) is 48.7 Å². The molecule has 54 heavy (non-hydrogen) atoms. The molecule has 2 aliphatic carbocycles. The second kappa shape index (κ2) is 19.9. The van der Waals surface area contributed by atoms with Crippen LogP contribution in [0.15, 0.2) is 66.2 Å². The lowest BCUT2D eigenvalue weighted by Crippen LogP contribution is -2.64. The topological polar surface area (TPSA) is 154 Å². The van der Waals surface area contributed by atoms with Gasteiger partial charge >= 0.3 is 6.09 Å². The molecule has 3 heterocycles. The molecule has 2 fully saturated rings. The Morgan fingerprint density at radius 2 is 2.02 bits per heavy atom. The van der Waals surface area contributed by atoms with Crippen LogP contribution < -0.4 is 14.8 Å². The van der Waals surface area contributed by atoms with Crippen molar-refractivity contribution in [3.8, 4) is 11.5 Å². The first-order valence-corrected chi connectivity index (χ1v) is 20.7. The number of nitrogens with one attached hydrogen (secondary N) is 1. The van der Waals surface area contributed by atoms with Gasteiger partial charge in [-0.1, -0.05) is 30.1 Å². The summed E-state index contributed by atoms with van der Waals surface area (Å²) >= 11 is 1.78. The first-order chi connectivity index (χ1) is 26.5. The molecule has 1 saturated heterocycles. The van der Waals surface area contributed by atoms with E-state index in [4.69, 9.17) is 28.9 Å². The number of aryl methyl sites for hydroxylation is 1. The van der Waals surface area contributed by atoms with Gasteiger partial charge in [-0.05, 0) is 86.8 Å². The molecule has 2 aromatic rings. The molecule has 4 aliphatic rings. The highest BCUT2D eigenvalue weighted by atomic mass is 32.2. The van der Waals surface area contributed by atoms with Gasteiger partial charge in [0.05, 0.1) is 35.8 Å². The highest BCUT2D eigenvalue weighted by Crippen LogP contribution is 2.62. The maximum Gasteiger partial charge on any atom is 0.412 e.